The number of ether oxygens (including phenoxy) is 1. The van der Waals surface area contributed by atoms with Gasteiger partial charge < -0.3 is 9.30 Å². The lowest BCUT2D eigenvalue weighted by atomic mass is 9.92. The average Bonchev–Trinajstić information content (AvgIpc) is 2.87. The van der Waals surface area contributed by atoms with Crippen molar-refractivity contribution in [2.75, 3.05) is 5.32 Å². The van der Waals surface area contributed by atoms with Gasteiger partial charge in [-0.2, -0.15) is 0 Å². The van der Waals surface area contributed by atoms with Crippen LogP contribution in [0.1, 0.15) is 87.6 Å². The van der Waals surface area contributed by atoms with E-state index in [1.807, 2.05) is 20.8 Å². The minimum absolute atomic E-state index is 0.0778. The molecule has 0 aliphatic heterocycles. The highest BCUT2D eigenvalue weighted by molar-refractivity contribution is 6.01. The number of nitrogens with zero attached hydrogens (tertiary/aromatic N) is 2. The van der Waals surface area contributed by atoms with Gasteiger partial charge in [0.15, 0.2) is 5.78 Å². The predicted octanol–water partition coefficient (Wildman–Crippen LogP) is 7.66. The Labute approximate surface area is 225 Å². The molecule has 2 rings (SSSR count). The minimum Gasteiger partial charge on any atom is -0.444 e. The van der Waals surface area contributed by atoms with Crippen molar-refractivity contribution in [3.05, 3.63) is 62.9 Å². The van der Waals surface area contributed by atoms with Crippen LogP contribution in [0.15, 0.2) is 51.7 Å². The molecule has 1 N–H and O–H groups in total. The van der Waals surface area contributed by atoms with Gasteiger partial charge in [0.1, 0.15) is 17.2 Å². The molecule has 0 atom stereocenters. The number of hydrogen-bond acceptors (Lipinski definition) is 5. The van der Waals surface area contributed by atoms with Gasteiger partial charge in [-0.25, -0.2) is 14.2 Å². The predicted molar refractivity (Wildman–Crippen MR) is 154 cm³/mol. The van der Waals surface area contributed by atoms with Crippen LogP contribution in [-0.4, -0.2) is 27.0 Å². The highest BCUT2D eigenvalue weighted by Crippen LogP contribution is 2.32. The molecule has 0 saturated carbocycles. The van der Waals surface area contributed by atoms with E-state index in [9.17, 15) is 14.4 Å². The maximum absolute atomic E-state index is 15.7. The number of ketones is 1. The van der Waals surface area contributed by atoms with Gasteiger partial charge in [0, 0.05) is 36.7 Å². The minimum atomic E-state index is -0.668. The van der Waals surface area contributed by atoms with Crippen molar-refractivity contribution in [3.63, 3.8) is 0 Å². The molecule has 7 nitrogen and oxygen atoms in total. The number of halogens is 1. The summed E-state index contributed by atoms with van der Waals surface area (Å²) < 4.78 is 22.4. The number of aromatic nitrogens is 2. The molecular weight excluding hydrogens is 485 g/mol. The van der Waals surface area contributed by atoms with Crippen LogP contribution in [0.3, 0.4) is 0 Å². The highest BCUT2D eigenvalue weighted by atomic mass is 19.1. The second-order valence-corrected chi connectivity index (χ2v) is 9.60. The second-order valence-electron chi connectivity index (χ2n) is 9.60. The van der Waals surface area contributed by atoms with Crippen molar-refractivity contribution in [2.45, 2.75) is 87.7 Å². The molecule has 208 valence electrons. The van der Waals surface area contributed by atoms with E-state index in [0.717, 1.165) is 0 Å². The molecule has 38 heavy (non-hydrogen) atoms. The summed E-state index contributed by atoms with van der Waals surface area (Å²) in [5, 5.41) is 3.20. The molecular formula is C30H42FN3O4. The van der Waals surface area contributed by atoms with Crippen LogP contribution in [-0.2, 0) is 16.6 Å². The Balaban J connectivity index is 0.00000352. The number of Topliss-reactive ketones (excluding diaryl/α,β-unsaturated/α-hetero) is 1. The molecule has 0 aromatic carbocycles. The van der Waals surface area contributed by atoms with Crippen molar-refractivity contribution in [1.29, 1.82) is 0 Å². The molecule has 0 aliphatic carbocycles. The summed E-state index contributed by atoms with van der Waals surface area (Å²) in [6.07, 6.45) is 3.26. The van der Waals surface area contributed by atoms with Crippen molar-refractivity contribution < 1.29 is 18.7 Å². The van der Waals surface area contributed by atoms with E-state index in [1.165, 1.54) is 10.8 Å². The molecule has 1 amide bonds. The molecule has 2 aromatic rings. The molecule has 0 fully saturated rings. The van der Waals surface area contributed by atoms with Gasteiger partial charge in [-0.1, -0.05) is 39.3 Å². The number of anilines is 1. The van der Waals surface area contributed by atoms with Gasteiger partial charge in [-0.05, 0) is 65.2 Å². The maximum Gasteiger partial charge on any atom is 0.413 e. The first-order valence-corrected chi connectivity index (χ1v) is 13.0. The van der Waals surface area contributed by atoms with Crippen LogP contribution in [0, 0.1) is 0 Å². The summed E-state index contributed by atoms with van der Waals surface area (Å²) in [6, 6.07) is 3.22. The van der Waals surface area contributed by atoms with Crippen molar-refractivity contribution in [2.24, 2.45) is 7.05 Å². The van der Waals surface area contributed by atoms with Gasteiger partial charge >= 0.3 is 6.09 Å². The Bertz CT molecular complexity index is 1340. The smallest absolute Gasteiger partial charge is 0.413 e. The van der Waals surface area contributed by atoms with Crippen LogP contribution in [0.2, 0.25) is 0 Å². The second kappa shape index (κ2) is 13.8. The first-order valence-electron chi connectivity index (χ1n) is 13.0. The number of allylic oxidation sites excluding steroid dienone is 6. The Morgan fingerprint density at radius 3 is 2.24 bits per heavy atom. The monoisotopic (exact) mass is 527 g/mol. The molecule has 0 radical (unpaired) electrons. The van der Waals surface area contributed by atoms with E-state index in [0.29, 0.717) is 28.5 Å². The largest absolute Gasteiger partial charge is 0.444 e. The molecule has 0 saturated heterocycles. The number of carbonyl (C=O) groups excluding carboxylic acids is 2. The van der Waals surface area contributed by atoms with E-state index in [-0.39, 0.29) is 40.3 Å². The Morgan fingerprint density at radius 2 is 1.74 bits per heavy atom. The molecule has 0 spiro atoms. The zero-order chi connectivity index (χ0) is 29.4. The summed E-state index contributed by atoms with van der Waals surface area (Å²) in [5.74, 6) is -0.662. The summed E-state index contributed by atoms with van der Waals surface area (Å²) in [4.78, 5) is 42.2. The molecule has 0 bridgehead atoms. The van der Waals surface area contributed by atoms with Gasteiger partial charge in [0.25, 0.3) is 5.56 Å². The summed E-state index contributed by atoms with van der Waals surface area (Å²) >= 11 is 0. The third-order valence-corrected chi connectivity index (χ3v) is 5.83. The van der Waals surface area contributed by atoms with Gasteiger partial charge in [0.2, 0.25) is 0 Å². The highest BCUT2D eigenvalue weighted by Gasteiger charge is 2.22. The number of rotatable bonds is 7. The lowest BCUT2D eigenvalue weighted by Gasteiger charge is -2.19. The molecule has 0 aliphatic rings. The normalized spacial score (nSPS) is 13.2. The number of amides is 1. The van der Waals surface area contributed by atoms with Crippen LogP contribution < -0.4 is 10.9 Å². The Kier molecular flexibility index (Phi) is 11.8. The maximum atomic E-state index is 15.7. The van der Waals surface area contributed by atoms with Gasteiger partial charge in [0.05, 0.1) is 11.1 Å². The van der Waals surface area contributed by atoms with Gasteiger partial charge in [-0.3, -0.25) is 14.9 Å². The van der Waals surface area contributed by atoms with Crippen LogP contribution >= 0.6 is 0 Å². The average molecular weight is 528 g/mol. The number of nitrogens with one attached hydrogen (secondary N) is 1. The fourth-order valence-corrected chi connectivity index (χ4v) is 3.81. The molecule has 8 heteroatoms. The van der Waals surface area contributed by atoms with Crippen LogP contribution in [0.4, 0.5) is 15.0 Å². The first-order chi connectivity index (χ1) is 17.7. The van der Waals surface area contributed by atoms with E-state index in [4.69, 9.17) is 4.74 Å². The van der Waals surface area contributed by atoms with Gasteiger partial charge in [-0.15, -0.1) is 0 Å². The zero-order valence-corrected chi connectivity index (χ0v) is 24.6. The number of fused-ring (bicyclic) bond motifs is 1. The molecule has 2 heterocycles. The Hall–Kier alpha value is -3.55. The summed E-state index contributed by atoms with van der Waals surface area (Å²) in [6.45, 7) is 17.9. The quantitative estimate of drug-likeness (QED) is 0.295. The number of aryl methyl sites for hydroxylation is 1. The van der Waals surface area contributed by atoms with E-state index in [2.05, 4.69) is 10.3 Å². The molecule has 2 aromatic heterocycles. The topological polar surface area (TPSA) is 90.3 Å². The van der Waals surface area contributed by atoms with Crippen LogP contribution in [0.25, 0.3) is 16.5 Å². The number of carbonyl (C=O) groups is 2. The van der Waals surface area contributed by atoms with E-state index in [1.54, 1.807) is 73.7 Å². The third kappa shape index (κ3) is 7.73. The van der Waals surface area contributed by atoms with E-state index >= 15 is 4.39 Å². The standard InChI is InChI=1S/C28H36FN3O4.C2H6/c1-10-16(4)24(22(33)12-3)25(29)17(5)19(11-2)20-13-18-15-30-23(14-21(18)32(9)26(20)34)31-27(35)36-28(6,7)8;1-2/h11,13-15H,10,12H2,1-9H3,(H,30,31,35);1-2H3/b19-11+,24-16+,25-17+;. The fourth-order valence-electron chi connectivity index (χ4n) is 3.81. The van der Waals surface area contributed by atoms with Crippen molar-refractivity contribution in [1.82, 2.24) is 9.55 Å². The van der Waals surface area contributed by atoms with Crippen molar-refractivity contribution in [3.8, 4) is 0 Å². The number of pyridine rings is 2. The van der Waals surface area contributed by atoms with Crippen LogP contribution in [0.5, 0.6) is 0 Å². The zero-order valence-electron chi connectivity index (χ0n) is 24.6. The van der Waals surface area contributed by atoms with E-state index < -0.39 is 17.5 Å². The Morgan fingerprint density at radius 1 is 1.13 bits per heavy atom. The molecule has 0 unspecified atom stereocenters. The SMILES string of the molecule is CC.C\C=C(/C(C)=C(F)\C(C(=O)CC)=C(/C)CC)c1cc2cnc(NC(=O)OC(C)(C)C)cc2n(C)c1=O. The number of hydrogen-bond donors (Lipinski definition) is 1. The first kappa shape index (κ1) is 32.5. The lowest BCUT2D eigenvalue weighted by molar-refractivity contribution is -0.115. The summed E-state index contributed by atoms with van der Waals surface area (Å²) in [7, 11) is 1.60. The lowest BCUT2D eigenvalue weighted by Crippen LogP contribution is -2.27. The fraction of sp³-hybridized carbons (Fsp3) is 0.467. The summed E-state index contributed by atoms with van der Waals surface area (Å²) in [5.41, 5.74) is 1.16. The van der Waals surface area contributed by atoms with Crippen molar-refractivity contribution >= 4 is 34.2 Å². The third-order valence-electron chi connectivity index (χ3n) is 5.83.